The third kappa shape index (κ3) is 2.93. The van der Waals surface area contributed by atoms with Crippen LogP contribution in [0.5, 0.6) is 0 Å². The van der Waals surface area contributed by atoms with Gasteiger partial charge >= 0.3 is 0 Å². The Kier molecular flexibility index (Phi) is 4.56. The lowest BCUT2D eigenvalue weighted by Gasteiger charge is -2.35. The average Bonchev–Trinajstić information content (AvgIpc) is 2.46. The molecule has 1 fully saturated rings. The highest BCUT2D eigenvalue weighted by atomic mass is 16.5. The van der Waals surface area contributed by atoms with Gasteiger partial charge in [-0.2, -0.15) is 5.26 Å². The van der Waals surface area contributed by atoms with Crippen LogP contribution in [-0.2, 0) is 4.74 Å². The molecule has 0 radical (unpaired) electrons. The van der Waals surface area contributed by atoms with Crippen LogP contribution in [-0.4, -0.2) is 37.2 Å². The van der Waals surface area contributed by atoms with E-state index in [1.165, 1.54) is 0 Å². The molecular weight excluding hydrogens is 188 g/mol. The lowest BCUT2D eigenvalue weighted by molar-refractivity contribution is 0.117. The van der Waals surface area contributed by atoms with Crippen molar-refractivity contribution in [1.29, 1.82) is 5.26 Å². The summed E-state index contributed by atoms with van der Waals surface area (Å²) < 4.78 is 5.07. The SMILES string of the molecule is COCCCN1CCC(CC#N)C1(C)C. The van der Waals surface area contributed by atoms with Gasteiger partial charge in [-0.25, -0.2) is 0 Å². The van der Waals surface area contributed by atoms with E-state index in [0.29, 0.717) is 12.3 Å². The van der Waals surface area contributed by atoms with Gasteiger partial charge < -0.3 is 4.74 Å². The summed E-state index contributed by atoms with van der Waals surface area (Å²) in [6.07, 6.45) is 2.93. The normalized spacial score (nSPS) is 25.3. The van der Waals surface area contributed by atoms with Gasteiger partial charge in [0.05, 0.1) is 6.07 Å². The standard InChI is InChI=1S/C12H22N2O/c1-12(2)11(5-7-13)6-9-14(12)8-4-10-15-3/h11H,4-6,8-10H2,1-3H3. The van der Waals surface area contributed by atoms with E-state index in [1.54, 1.807) is 7.11 Å². The van der Waals surface area contributed by atoms with Crippen LogP contribution >= 0.6 is 0 Å². The van der Waals surface area contributed by atoms with Gasteiger partial charge in [0.15, 0.2) is 0 Å². The van der Waals surface area contributed by atoms with Gasteiger partial charge in [0.2, 0.25) is 0 Å². The van der Waals surface area contributed by atoms with Crippen molar-refractivity contribution in [2.24, 2.45) is 5.92 Å². The van der Waals surface area contributed by atoms with E-state index in [0.717, 1.165) is 32.5 Å². The van der Waals surface area contributed by atoms with Crippen LogP contribution in [0.2, 0.25) is 0 Å². The molecule has 1 heterocycles. The largest absolute Gasteiger partial charge is 0.385 e. The second-order valence-corrected chi connectivity index (χ2v) is 4.83. The van der Waals surface area contributed by atoms with Gasteiger partial charge in [0.1, 0.15) is 0 Å². The summed E-state index contributed by atoms with van der Waals surface area (Å²) in [4.78, 5) is 2.49. The number of rotatable bonds is 5. The van der Waals surface area contributed by atoms with E-state index in [-0.39, 0.29) is 5.54 Å². The maximum absolute atomic E-state index is 8.77. The second-order valence-electron chi connectivity index (χ2n) is 4.83. The maximum atomic E-state index is 8.77. The van der Waals surface area contributed by atoms with Crippen LogP contribution in [0.1, 0.15) is 33.1 Å². The lowest BCUT2D eigenvalue weighted by Crippen LogP contribution is -2.43. The van der Waals surface area contributed by atoms with Crippen molar-refractivity contribution in [3.05, 3.63) is 0 Å². The van der Waals surface area contributed by atoms with Crippen molar-refractivity contribution in [1.82, 2.24) is 4.90 Å². The molecule has 0 aliphatic carbocycles. The summed E-state index contributed by atoms with van der Waals surface area (Å²) >= 11 is 0. The first kappa shape index (κ1) is 12.5. The van der Waals surface area contributed by atoms with E-state index in [4.69, 9.17) is 10.00 Å². The molecule has 1 unspecified atom stereocenters. The van der Waals surface area contributed by atoms with Gasteiger partial charge in [-0.1, -0.05) is 0 Å². The third-order valence-corrected chi connectivity index (χ3v) is 3.68. The van der Waals surface area contributed by atoms with E-state index in [1.807, 2.05) is 0 Å². The minimum atomic E-state index is 0.184. The first-order valence-corrected chi connectivity index (χ1v) is 5.74. The van der Waals surface area contributed by atoms with E-state index < -0.39 is 0 Å². The van der Waals surface area contributed by atoms with Crippen LogP contribution in [0, 0.1) is 17.2 Å². The van der Waals surface area contributed by atoms with Crippen molar-refractivity contribution in [3.8, 4) is 6.07 Å². The van der Waals surface area contributed by atoms with Crippen LogP contribution in [0.3, 0.4) is 0 Å². The molecule has 0 aromatic carbocycles. The predicted octanol–water partition coefficient (Wildman–Crippen LogP) is 2.04. The summed E-state index contributed by atoms with van der Waals surface area (Å²) in [5, 5.41) is 8.77. The van der Waals surface area contributed by atoms with Crippen LogP contribution in [0.25, 0.3) is 0 Å². The average molecular weight is 210 g/mol. The molecule has 0 N–H and O–H groups in total. The zero-order chi connectivity index (χ0) is 11.3. The Morgan fingerprint density at radius 2 is 2.27 bits per heavy atom. The quantitative estimate of drug-likeness (QED) is 0.651. The van der Waals surface area contributed by atoms with Crippen LogP contribution < -0.4 is 0 Å². The molecule has 3 nitrogen and oxygen atoms in total. The second kappa shape index (κ2) is 5.48. The van der Waals surface area contributed by atoms with Crippen molar-refractivity contribution in [2.45, 2.75) is 38.6 Å². The molecule has 1 saturated heterocycles. The van der Waals surface area contributed by atoms with Gasteiger partial charge in [-0.05, 0) is 39.2 Å². The molecule has 0 bridgehead atoms. The van der Waals surface area contributed by atoms with Crippen molar-refractivity contribution < 1.29 is 4.74 Å². The zero-order valence-electron chi connectivity index (χ0n) is 10.1. The lowest BCUT2D eigenvalue weighted by atomic mass is 9.86. The molecule has 0 saturated carbocycles. The Bertz CT molecular complexity index is 232. The summed E-state index contributed by atoms with van der Waals surface area (Å²) in [5.41, 5.74) is 0.184. The molecule has 3 heteroatoms. The third-order valence-electron chi connectivity index (χ3n) is 3.68. The van der Waals surface area contributed by atoms with Crippen molar-refractivity contribution >= 4 is 0 Å². The van der Waals surface area contributed by atoms with Gasteiger partial charge in [0, 0.05) is 32.2 Å². The summed E-state index contributed by atoms with van der Waals surface area (Å²) in [6.45, 7) is 7.56. The van der Waals surface area contributed by atoms with Crippen molar-refractivity contribution in [3.63, 3.8) is 0 Å². The molecule has 86 valence electrons. The topological polar surface area (TPSA) is 36.3 Å². The van der Waals surface area contributed by atoms with E-state index >= 15 is 0 Å². The Balaban J connectivity index is 2.44. The minimum Gasteiger partial charge on any atom is -0.385 e. The molecule has 0 aromatic rings. The molecular formula is C12H22N2O. The molecule has 0 aromatic heterocycles. The summed E-state index contributed by atoms with van der Waals surface area (Å²) in [5.74, 6) is 0.532. The van der Waals surface area contributed by atoms with E-state index in [2.05, 4.69) is 24.8 Å². The zero-order valence-corrected chi connectivity index (χ0v) is 10.1. The Morgan fingerprint density at radius 1 is 1.53 bits per heavy atom. The highest BCUT2D eigenvalue weighted by Crippen LogP contribution is 2.36. The van der Waals surface area contributed by atoms with Crippen molar-refractivity contribution in [2.75, 3.05) is 26.8 Å². The van der Waals surface area contributed by atoms with Gasteiger partial charge in [0.25, 0.3) is 0 Å². The summed E-state index contributed by atoms with van der Waals surface area (Å²) in [7, 11) is 1.74. The number of ether oxygens (including phenoxy) is 1. The van der Waals surface area contributed by atoms with Gasteiger partial charge in [-0.15, -0.1) is 0 Å². The first-order valence-electron chi connectivity index (χ1n) is 5.74. The molecule has 0 amide bonds. The van der Waals surface area contributed by atoms with E-state index in [9.17, 15) is 0 Å². The number of nitrogens with zero attached hydrogens (tertiary/aromatic N) is 2. The van der Waals surface area contributed by atoms with Crippen LogP contribution in [0.15, 0.2) is 0 Å². The molecule has 1 aliphatic heterocycles. The molecule has 0 spiro atoms. The molecule has 1 rings (SSSR count). The smallest absolute Gasteiger partial charge is 0.0625 e. The minimum absolute atomic E-state index is 0.184. The Labute approximate surface area is 93.0 Å². The maximum Gasteiger partial charge on any atom is 0.0625 e. The Hall–Kier alpha value is -0.590. The summed E-state index contributed by atoms with van der Waals surface area (Å²) in [6, 6.07) is 2.30. The monoisotopic (exact) mass is 210 g/mol. The number of methoxy groups -OCH3 is 1. The number of nitriles is 1. The fraction of sp³-hybridized carbons (Fsp3) is 0.917. The number of likely N-dealkylation sites (tertiary alicyclic amines) is 1. The highest BCUT2D eigenvalue weighted by molar-refractivity contribution is 4.98. The Morgan fingerprint density at radius 3 is 2.87 bits per heavy atom. The number of hydrogen-bond acceptors (Lipinski definition) is 3. The predicted molar refractivity (Wildman–Crippen MR) is 60.5 cm³/mol. The van der Waals surface area contributed by atoms with Gasteiger partial charge in [-0.3, -0.25) is 4.90 Å². The molecule has 1 atom stereocenters. The molecule has 1 aliphatic rings. The van der Waals surface area contributed by atoms with Crippen LogP contribution in [0.4, 0.5) is 0 Å². The fourth-order valence-electron chi connectivity index (χ4n) is 2.47. The fourth-order valence-corrected chi connectivity index (χ4v) is 2.47. The number of hydrogen-bond donors (Lipinski definition) is 0. The molecule has 15 heavy (non-hydrogen) atoms. The first-order chi connectivity index (χ1) is 7.12. The highest BCUT2D eigenvalue weighted by Gasteiger charge is 2.40.